The zero-order valence-electron chi connectivity index (χ0n) is 8.92. The minimum Gasteiger partial charge on any atom is -0.316 e. The first-order valence-electron chi connectivity index (χ1n) is 5.39. The maximum atomic E-state index is 8.49. The molecule has 0 fully saturated rings. The van der Waals surface area contributed by atoms with Crippen molar-refractivity contribution >= 4 is 0 Å². The van der Waals surface area contributed by atoms with Crippen molar-refractivity contribution in [3.8, 4) is 6.07 Å². The van der Waals surface area contributed by atoms with Gasteiger partial charge in [-0.2, -0.15) is 5.26 Å². The Kier molecular flexibility index (Phi) is 7.73. The van der Waals surface area contributed by atoms with Crippen molar-refractivity contribution in [2.45, 2.75) is 58.4 Å². The van der Waals surface area contributed by atoms with Crippen LogP contribution in [0.25, 0.3) is 0 Å². The Morgan fingerprint density at radius 3 is 2.38 bits per heavy atom. The van der Waals surface area contributed by atoms with Gasteiger partial charge in [0.15, 0.2) is 0 Å². The third-order valence-electron chi connectivity index (χ3n) is 2.57. The van der Waals surface area contributed by atoms with Gasteiger partial charge >= 0.3 is 0 Å². The second-order valence-corrected chi connectivity index (χ2v) is 3.73. The Balaban J connectivity index is 3.44. The molecule has 13 heavy (non-hydrogen) atoms. The third kappa shape index (κ3) is 6.60. The van der Waals surface area contributed by atoms with Gasteiger partial charge in [0.2, 0.25) is 0 Å². The minimum absolute atomic E-state index is 0.251. The molecule has 0 amide bonds. The topological polar surface area (TPSA) is 49.8 Å². The van der Waals surface area contributed by atoms with E-state index in [9.17, 15) is 0 Å². The minimum atomic E-state index is -0.251. The van der Waals surface area contributed by atoms with E-state index in [4.69, 9.17) is 11.0 Å². The van der Waals surface area contributed by atoms with E-state index in [0.29, 0.717) is 0 Å². The van der Waals surface area contributed by atoms with Gasteiger partial charge in [-0.3, -0.25) is 0 Å². The summed E-state index contributed by atoms with van der Waals surface area (Å²) in [5.41, 5.74) is 5.51. The Morgan fingerprint density at radius 1 is 1.23 bits per heavy atom. The predicted octanol–water partition coefficient (Wildman–Crippen LogP) is 2.83. The molecular formula is C11H22N2. The lowest BCUT2D eigenvalue weighted by Crippen LogP contribution is -2.17. The zero-order chi connectivity index (χ0) is 10.1. The van der Waals surface area contributed by atoms with Crippen LogP contribution in [0.4, 0.5) is 0 Å². The van der Waals surface area contributed by atoms with Crippen molar-refractivity contribution in [3.63, 3.8) is 0 Å². The molecule has 0 rings (SSSR count). The third-order valence-corrected chi connectivity index (χ3v) is 2.57. The maximum absolute atomic E-state index is 8.49. The molecule has 0 aliphatic carbocycles. The van der Waals surface area contributed by atoms with Crippen molar-refractivity contribution in [1.82, 2.24) is 0 Å². The van der Waals surface area contributed by atoms with Crippen LogP contribution in [0.15, 0.2) is 0 Å². The normalized spacial score (nSPS) is 14.9. The Morgan fingerprint density at radius 2 is 1.92 bits per heavy atom. The summed E-state index contributed by atoms with van der Waals surface area (Å²) < 4.78 is 0. The smallest absolute Gasteiger partial charge is 0.0928 e. The number of hydrogen-bond donors (Lipinski definition) is 1. The molecular weight excluding hydrogens is 160 g/mol. The molecule has 0 saturated carbocycles. The first-order chi connectivity index (χ1) is 6.24. The average molecular weight is 182 g/mol. The van der Waals surface area contributed by atoms with Gasteiger partial charge in [-0.25, -0.2) is 0 Å². The molecule has 2 unspecified atom stereocenters. The molecule has 0 heterocycles. The van der Waals surface area contributed by atoms with E-state index in [1.54, 1.807) is 0 Å². The summed E-state index contributed by atoms with van der Waals surface area (Å²) in [4.78, 5) is 0. The molecule has 2 N–H and O–H groups in total. The van der Waals surface area contributed by atoms with Crippen LogP contribution in [0.5, 0.6) is 0 Å². The van der Waals surface area contributed by atoms with E-state index in [2.05, 4.69) is 19.9 Å². The molecule has 0 aliphatic rings. The van der Waals surface area contributed by atoms with Crippen molar-refractivity contribution in [2.24, 2.45) is 11.7 Å². The van der Waals surface area contributed by atoms with Crippen LogP contribution < -0.4 is 5.73 Å². The maximum Gasteiger partial charge on any atom is 0.0928 e. The lowest BCUT2D eigenvalue weighted by atomic mass is 9.94. The standard InChI is InChI=1S/C11H22N2/c1-3-6-10(4-2)7-5-8-11(13)9-12/h10-11H,3-8,13H2,1-2H3. The van der Waals surface area contributed by atoms with E-state index in [-0.39, 0.29) is 6.04 Å². The number of nitrogens with two attached hydrogens (primary N) is 1. The van der Waals surface area contributed by atoms with Gasteiger partial charge in [0.1, 0.15) is 0 Å². The van der Waals surface area contributed by atoms with Gasteiger partial charge in [-0.1, -0.05) is 46.0 Å². The summed E-state index contributed by atoms with van der Waals surface area (Å²) in [7, 11) is 0. The molecule has 0 spiro atoms. The molecule has 0 radical (unpaired) electrons. The van der Waals surface area contributed by atoms with E-state index >= 15 is 0 Å². The van der Waals surface area contributed by atoms with Crippen LogP contribution in [0.2, 0.25) is 0 Å². The lowest BCUT2D eigenvalue weighted by molar-refractivity contribution is 0.410. The van der Waals surface area contributed by atoms with Gasteiger partial charge in [0.25, 0.3) is 0 Å². The fourth-order valence-electron chi connectivity index (χ4n) is 1.65. The lowest BCUT2D eigenvalue weighted by Gasteiger charge is -2.13. The number of nitrogens with zero attached hydrogens (tertiary/aromatic N) is 1. The highest BCUT2D eigenvalue weighted by Gasteiger charge is 2.06. The highest BCUT2D eigenvalue weighted by atomic mass is 14.6. The number of rotatable bonds is 7. The molecule has 2 heteroatoms. The Bertz CT molecular complexity index is 149. The highest BCUT2D eigenvalue weighted by molar-refractivity contribution is 4.85. The first kappa shape index (κ1) is 12.4. The van der Waals surface area contributed by atoms with Gasteiger partial charge in [0, 0.05) is 0 Å². The molecule has 2 atom stereocenters. The van der Waals surface area contributed by atoms with E-state index < -0.39 is 0 Å². The van der Waals surface area contributed by atoms with Crippen LogP contribution in [0.1, 0.15) is 52.4 Å². The molecule has 2 nitrogen and oxygen atoms in total. The van der Waals surface area contributed by atoms with Crippen LogP contribution in [0, 0.1) is 17.2 Å². The average Bonchev–Trinajstić information content (AvgIpc) is 2.16. The van der Waals surface area contributed by atoms with Gasteiger partial charge in [0.05, 0.1) is 12.1 Å². The molecule has 0 aromatic carbocycles. The summed E-state index contributed by atoms with van der Waals surface area (Å²) in [6.45, 7) is 4.47. The summed E-state index contributed by atoms with van der Waals surface area (Å²) in [5, 5.41) is 8.49. The summed E-state index contributed by atoms with van der Waals surface area (Å²) >= 11 is 0. The van der Waals surface area contributed by atoms with Gasteiger partial charge in [-0.15, -0.1) is 0 Å². The molecule has 0 aromatic rings. The predicted molar refractivity (Wildman–Crippen MR) is 56.1 cm³/mol. The molecule has 0 saturated heterocycles. The fourth-order valence-corrected chi connectivity index (χ4v) is 1.65. The van der Waals surface area contributed by atoms with Crippen molar-refractivity contribution in [2.75, 3.05) is 0 Å². The van der Waals surface area contributed by atoms with Crippen LogP contribution >= 0.6 is 0 Å². The molecule has 0 aliphatic heterocycles. The Hall–Kier alpha value is -0.550. The van der Waals surface area contributed by atoms with Gasteiger partial charge in [-0.05, 0) is 12.3 Å². The van der Waals surface area contributed by atoms with Crippen LogP contribution in [-0.4, -0.2) is 6.04 Å². The van der Waals surface area contributed by atoms with E-state index in [1.807, 2.05) is 0 Å². The van der Waals surface area contributed by atoms with E-state index in [0.717, 1.165) is 18.8 Å². The first-order valence-corrected chi connectivity index (χ1v) is 5.39. The zero-order valence-corrected chi connectivity index (χ0v) is 8.92. The Labute approximate surface area is 82.1 Å². The number of nitriles is 1. The highest BCUT2D eigenvalue weighted by Crippen LogP contribution is 2.18. The molecule has 0 aromatic heterocycles. The summed E-state index contributed by atoms with van der Waals surface area (Å²) in [6, 6.07) is 1.82. The fraction of sp³-hybridized carbons (Fsp3) is 0.909. The molecule has 0 bridgehead atoms. The second-order valence-electron chi connectivity index (χ2n) is 3.73. The summed E-state index contributed by atoms with van der Waals surface area (Å²) in [6.07, 6.45) is 7.04. The quantitative estimate of drug-likeness (QED) is 0.658. The SMILES string of the molecule is CCCC(CC)CCCC(N)C#N. The largest absolute Gasteiger partial charge is 0.316 e. The monoisotopic (exact) mass is 182 g/mol. The van der Waals surface area contributed by atoms with Crippen molar-refractivity contribution < 1.29 is 0 Å². The van der Waals surface area contributed by atoms with Crippen LogP contribution in [0.3, 0.4) is 0 Å². The van der Waals surface area contributed by atoms with Crippen molar-refractivity contribution in [3.05, 3.63) is 0 Å². The molecule has 76 valence electrons. The van der Waals surface area contributed by atoms with E-state index in [1.165, 1.54) is 25.7 Å². The van der Waals surface area contributed by atoms with Crippen LogP contribution in [-0.2, 0) is 0 Å². The number of hydrogen-bond acceptors (Lipinski definition) is 2. The van der Waals surface area contributed by atoms with Crippen molar-refractivity contribution in [1.29, 1.82) is 5.26 Å². The summed E-state index contributed by atoms with van der Waals surface area (Å²) in [5.74, 6) is 0.843. The van der Waals surface area contributed by atoms with Gasteiger partial charge < -0.3 is 5.73 Å². The second kappa shape index (κ2) is 8.07.